The molecule has 2 aromatic carbocycles. The summed E-state index contributed by atoms with van der Waals surface area (Å²) in [6.45, 7) is 4.03. The third kappa shape index (κ3) is 4.67. The summed E-state index contributed by atoms with van der Waals surface area (Å²) in [5, 5.41) is 2.78. The van der Waals surface area contributed by atoms with Crippen LogP contribution in [0, 0.1) is 0 Å². The van der Waals surface area contributed by atoms with Crippen molar-refractivity contribution in [2.45, 2.75) is 19.4 Å². The summed E-state index contributed by atoms with van der Waals surface area (Å²) in [4.78, 5) is 26.4. The van der Waals surface area contributed by atoms with Crippen LogP contribution >= 0.6 is 0 Å². The van der Waals surface area contributed by atoms with E-state index in [1.165, 1.54) is 0 Å². The van der Waals surface area contributed by atoms with Gasteiger partial charge in [0.25, 0.3) is 11.8 Å². The molecule has 0 saturated carbocycles. The highest BCUT2D eigenvalue weighted by Crippen LogP contribution is 2.15. The minimum Gasteiger partial charge on any atom is -0.350 e. The predicted molar refractivity (Wildman–Crippen MR) is 96.2 cm³/mol. The van der Waals surface area contributed by atoms with Crippen molar-refractivity contribution in [3.05, 3.63) is 65.7 Å². The summed E-state index contributed by atoms with van der Waals surface area (Å²) < 4.78 is 0. The number of anilines is 1. The fourth-order valence-electron chi connectivity index (χ4n) is 2.17. The van der Waals surface area contributed by atoms with Crippen LogP contribution in [0.1, 0.15) is 34.6 Å². The molecular weight excluding hydrogens is 302 g/mol. The summed E-state index contributed by atoms with van der Waals surface area (Å²) in [6, 6.07) is 16.0. The van der Waals surface area contributed by atoms with E-state index in [2.05, 4.69) is 5.32 Å². The minimum atomic E-state index is -0.489. The molecule has 0 aliphatic rings. The van der Waals surface area contributed by atoms with Crippen molar-refractivity contribution in [2.75, 3.05) is 18.5 Å². The number of carbonyl (C=O) groups excluding carboxylic acids is 2. The molecule has 0 radical (unpaired) electrons. The van der Waals surface area contributed by atoms with Gasteiger partial charge in [0.05, 0.1) is 0 Å². The van der Waals surface area contributed by atoms with Crippen molar-refractivity contribution in [3.63, 3.8) is 0 Å². The van der Waals surface area contributed by atoms with Gasteiger partial charge in [-0.05, 0) is 44.2 Å². The molecule has 2 amide bonds. The molecule has 0 atom stereocenters. The Hall–Kier alpha value is -2.66. The second kappa shape index (κ2) is 7.27. The molecule has 3 N–H and O–H groups in total. The number of nitrogens with zero attached hydrogens (tertiary/aromatic N) is 1. The molecule has 0 heterocycles. The molecule has 0 bridgehead atoms. The number of hydrogen-bond donors (Lipinski definition) is 2. The molecule has 5 heteroatoms. The molecule has 5 nitrogen and oxygen atoms in total. The van der Waals surface area contributed by atoms with Gasteiger partial charge in [-0.3, -0.25) is 9.59 Å². The second-order valence-corrected chi connectivity index (χ2v) is 6.45. The van der Waals surface area contributed by atoms with Gasteiger partial charge in [0, 0.05) is 35.9 Å². The van der Waals surface area contributed by atoms with E-state index in [9.17, 15) is 9.59 Å². The van der Waals surface area contributed by atoms with Crippen molar-refractivity contribution < 1.29 is 9.59 Å². The molecular formula is C19H23N3O2. The third-order valence-electron chi connectivity index (χ3n) is 3.52. The van der Waals surface area contributed by atoms with Crippen molar-refractivity contribution in [2.24, 2.45) is 5.73 Å². The van der Waals surface area contributed by atoms with Gasteiger partial charge in [0.15, 0.2) is 0 Å². The lowest BCUT2D eigenvalue weighted by Crippen LogP contribution is -2.45. The van der Waals surface area contributed by atoms with Gasteiger partial charge in [0.2, 0.25) is 0 Å². The van der Waals surface area contributed by atoms with Crippen molar-refractivity contribution in [1.82, 2.24) is 5.32 Å². The van der Waals surface area contributed by atoms with Gasteiger partial charge in [0.1, 0.15) is 0 Å². The summed E-state index contributed by atoms with van der Waals surface area (Å²) in [7, 11) is 1.71. The van der Waals surface area contributed by atoms with E-state index in [-0.39, 0.29) is 11.8 Å². The van der Waals surface area contributed by atoms with E-state index in [1.807, 2.05) is 44.2 Å². The Morgan fingerprint density at radius 1 is 1.04 bits per heavy atom. The fourth-order valence-corrected chi connectivity index (χ4v) is 2.17. The summed E-state index contributed by atoms with van der Waals surface area (Å²) in [5.74, 6) is -0.416. The molecule has 0 aromatic heterocycles. The van der Waals surface area contributed by atoms with Gasteiger partial charge in [-0.1, -0.05) is 24.3 Å². The van der Waals surface area contributed by atoms with Crippen LogP contribution in [0.25, 0.3) is 0 Å². The molecule has 0 aliphatic heterocycles. The third-order valence-corrected chi connectivity index (χ3v) is 3.52. The normalized spacial score (nSPS) is 11.0. The highest BCUT2D eigenvalue weighted by molar-refractivity contribution is 6.07. The van der Waals surface area contributed by atoms with Crippen molar-refractivity contribution >= 4 is 17.5 Å². The first-order chi connectivity index (χ1) is 11.3. The van der Waals surface area contributed by atoms with E-state index >= 15 is 0 Å². The van der Waals surface area contributed by atoms with Crippen LogP contribution in [0.5, 0.6) is 0 Å². The van der Waals surface area contributed by atoms with Crippen molar-refractivity contribution in [1.29, 1.82) is 0 Å². The number of para-hydroxylation sites is 1. The smallest absolute Gasteiger partial charge is 0.258 e. The maximum absolute atomic E-state index is 12.6. The molecule has 0 aliphatic carbocycles. The van der Waals surface area contributed by atoms with Gasteiger partial charge in [-0.2, -0.15) is 0 Å². The first-order valence-corrected chi connectivity index (χ1v) is 7.78. The minimum absolute atomic E-state index is 0.171. The zero-order valence-corrected chi connectivity index (χ0v) is 14.2. The van der Waals surface area contributed by atoms with Crippen LogP contribution in [0.3, 0.4) is 0 Å². The number of carbonyl (C=O) groups is 2. The Kier molecular flexibility index (Phi) is 5.36. The SMILES string of the molecule is CN(C(=O)c1cccc(C(=O)NCC(C)(C)N)c1)c1ccccc1. The Morgan fingerprint density at radius 2 is 1.67 bits per heavy atom. The van der Waals surface area contributed by atoms with Gasteiger partial charge < -0.3 is 16.0 Å². The molecule has 0 fully saturated rings. The zero-order valence-electron chi connectivity index (χ0n) is 14.2. The van der Waals surface area contributed by atoms with Crippen LogP contribution in [0.4, 0.5) is 5.69 Å². The monoisotopic (exact) mass is 325 g/mol. The Balaban J connectivity index is 2.15. The van der Waals surface area contributed by atoms with Gasteiger partial charge in [-0.15, -0.1) is 0 Å². The molecule has 0 saturated heterocycles. The predicted octanol–water partition coefficient (Wildman–Crippen LogP) is 2.43. The molecule has 24 heavy (non-hydrogen) atoms. The van der Waals surface area contributed by atoms with Crippen LogP contribution in [-0.4, -0.2) is 30.9 Å². The maximum Gasteiger partial charge on any atom is 0.258 e. The summed E-state index contributed by atoms with van der Waals surface area (Å²) in [5.41, 5.74) is 7.07. The number of benzene rings is 2. The maximum atomic E-state index is 12.6. The van der Waals surface area contributed by atoms with Gasteiger partial charge in [-0.25, -0.2) is 0 Å². The first kappa shape index (κ1) is 17.7. The highest BCUT2D eigenvalue weighted by Gasteiger charge is 2.17. The Morgan fingerprint density at radius 3 is 2.29 bits per heavy atom. The van der Waals surface area contributed by atoms with Crippen LogP contribution in [0.15, 0.2) is 54.6 Å². The fraction of sp³-hybridized carbons (Fsp3) is 0.263. The summed E-state index contributed by atoms with van der Waals surface area (Å²) >= 11 is 0. The van der Waals surface area contributed by atoms with E-state index in [1.54, 1.807) is 36.2 Å². The molecule has 2 aromatic rings. The van der Waals surface area contributed by atoms with E-state index in [0.29, 0.717) is 17.7 Å². The van der Waals surface area contributed by atoms with E-state index < -0.39 is 5.54 Å². The van der Waals surface area contributed by atoms with Crippen molar-refractivity contribution in [3.8, 4) is 0 Å². The topological polar surface area (TPSA) is 75.4 Å². The van der Waals surface area contributed by atoms with E-state index in [4.69, 9.17) is 5.73 Å². The lowest BCUT2D eigenvalue weighted by Gasteiger charge is -2.19. The Labute approximate surface area is 142 Å². The van der Waals surface area contributed by atoms with Crippen LogP contribution < -0.4 is 16.0 Å². The molecule has 2 rings (SSSR count). The molecule has 0 unspecified atom stereocenters. The number of nitrogens with one attached hydrogen (secondary N) is 1. The highest BCUT2D eigenvalue weighted by atomic mass is 16.2. The number of amides is 2. The standard InChI is InChI=1S/C19H23N3O2/c1-19(2,20)13-21-17(23)14-8-7-9-15(12-14)18(24)22(3)16-10-5-4-6-11-16/h4-12H,13,20H2,1-3H3,(H,21,23). The lowest BCUT2D eigenvalue weighted by atomic mass is 10.1. The molecule has 0 spiro atoms. The van der Waals surface area contributed by atoms with E-state index in [0.717, 1.165) is 5.69 Å². The summed E-state index contributed by atoms with van der Waals surface area (Å²) in [6.07, 6.45) is 0. The average molecular weight is 325 g/mol. The number of nitrogens with two attached hydrogens (primary N) is 1. The quantitative estimate of drug-likeness (QED) is 0.886. The first-order valence-electron chi connectivity index (χ1n) is 7.78. The average Bonchev–Trinajstić information content (AvgIpc) is 2.58. The van der Waals surface area contributed by atoms with Gasteiger partial charge >= 0.3 is 0 Å². The zero-order chi connectivity index (χ0) is 17.7. The molecule has 126 valence electrons. The second-order valence-electron chi connectivity index (χ2n) is 6.45. The lowest BCUT2D eigenvalue weighted by molar-refractivity contribution is 0.0946. The van der Waals surface area contributed by atoms with Crippen LogP contribution in [-0.2, 0) is 0 Å². The number of rotatable bonds is 5. The Bertz CT molecular complexity index is 721. The van der Waals surface area contributed by atoms with Crippen LogP contribution in [0.2, 0.25) is 0 Å². The largest absolute Gasteiger partial charge is 0.350 e. The number of hydrogen-bond acceptors (Lipinski definition) is 3.